The second kappa shape index (κ2) is 6.19. The van der Waals surface area contributed by atoms with E-state index in [-0.39, 0.29) is 5.91 Å². The van der Waals surface area contributed by atoms with E-state index in [2.05, 4.69) is 5.32 Å². The van der Waals surface area contributed by atoms with Crippen molar-refractivity contribution in [3.8, 4) is 0 Å². The maximum Gasteiger partial charge on any atom is 0.234 e. The van der Waals surface area contributed by atoms with Crippen LogP contribution in [0.25, 0.3) is 0 Å². The van der Waals surface area contributed by atoms with Crippen molar-refractivity contribution < 1.29 is 4.79 Å². The molecule has 0 saturated carbocycles. The molecule has 0 fully saturated rings. The molecule has 0 aliphatic heterocycles. The highest BCUT2D eigenvalue weighted by atomic mass is 16.2. The summed E-state index contributed by atoms with van der Waals surface area (Å²) in [4.78, 5) is 13.4. The molecule has 0 bridgehead atoms. The fourth-order valence-electron chi connectivity index (χ4n) is 1.21. The number of amides is 1. The summed E-state index contributed by atoms with van der Waals surface area (Å²) in [5.74, 6) is 0.0724. The van der Waals surface area contributed by atoms with Crippen LogP contribution in [0.5, 0.6) is 0 Å². The van der Waals surface area contributed by atoms with Crippen LogP contribution in [0.1, 0.15) is 12.5 Å². The third-order valence-corrected chi connectivity index (χ3v) is 2.29. The molecule has 0 unspecified atom stereocenters. The summed E-state index contributed by atoms with van der Waals surface area (Å²) in [6.45, 7) is 3.99. The maximum atomic E-state index is 11.4. The summed E-state index contributed by atoms with van der Waals surface area (Å²) in [5, 5.41) is 2.88. The van der Waals surface area contributed by atoms with E-state index in [1.165, 1.54) is 0 Å². The lowest BCUT2D eigenvalue weighted by atomic mass is 10.2. The molecule has 0 aliphatic rings. The quantitative estimate of drug-likeness (QED) is 0.786. The summed E-state index contributed by atoms with van der Waals surface area (Å²) in [7, 11) is 1.93. The van der Waals surface area contributed by atoms with Gasteiger partial charge in [-0.3, -0.25) is 9.69 Å². The number of hydrogen-bond donors (Lipinski definition) is 1. The van der Waals surface area contributed by atoms with E-state index < -0.39 is 0 Å². The normalized spacial score (nSPS) is 10.3. The fourth-order valence-corrected chi connectivity index (χ4v) is 1.21. The third kappa shape index (κ3) is 4.61. The molecule has 3 heteroatoms. The number of nitrogens with one attached hydrogen (secondary N) is 1. The Morgan fingerprint density at radius 2 is 2.00 bits per heavy atom. The topological polar surface area (TPSA) is 32.3 Å². The van der Waals surface area contributed by atoms with Crippen LogP contribution in [-0.2, 0) is 11.3 Å². The maximum absolute atomic E-state index is 11.4. The van der Waals surface area contributed by atoms with Crippen LogP contribution in [0.2, 0.25) is 0 Å². The Bertz CT molecular complexity index is 298. The second-order valence-corrected chi connectivity index (χ2v) is 3.59. The SMILES string of the molecule is CCN(C)CC(=O)NCc1ccccc1. The lowest BCUT2D eigenvalue weighted by Crippen LogP contribution is -2.34. The first-order chi connectivity index (χ1) is 7.22. The Balaban J connectivity index is 2.29. The molecule has 3 nitrogen and oxygen atoms in total. The molecular weight excluding hydrogens is 188 g/mol. The van der Waals surface area contributed by atoms with Gasteiger partial charge in [0.25, 0.3) is 0 Å². The molecule has 82 valence electrons. The van der Waals surface area contributed by atoms with E-state index in [1.807, 2.05) is 49.2 Å². The van der Waals surface area contributed by atoms with E-state index in [9.17, 15) is 4.79 Å². The monoisotopic (exact) mass is 206 g/mol. The lowest BCUT2D eigenvalue weighted by molar-refractivity contribution is -0.122. The summed E-state index contributed by atoms with van der Waals surface area (Å²) in [6, 6.07) is 9.92. The minimum Gasteiger partial charge on any atom is -0.351 e. The highest BCUT2D eigenvalue weighted by Crippen LogP contribution is 1.96. The summed E-state index contributed by atoms with van der Waals surface area (Å²) >= 11 is 0. The second-order valence-electron chi connectivity index (χ2n) is 3.59. The van der Waals surface area contributed by atoms with Crippen molar-refractivity contribution in [1.82, 2.24) is 10.2 Å². The minimum absolute atomic E-state index is 0.0724. The van der Waals surface area contributed by atoms with E-state index in [1.54, 1.807) is 0 Å². The van der Waals surface area contributed by atoms with Crippen LogP contribution in [0.3, 0.4) is 0 Å². The van der Waals surface area contributed by atoms with E-state index >= 15 is 0 Å². The number of benzene rings is 1. The standard InChI is InChI=1S/C12H18N2O/c1-3-14(2)10-12(15)13-9-11-7-5-4-6-8-11/h4-8H,3,9-10H2,1-2H3,(H,13,15). The number of hydrogen-bond acceptors (Lipinski definition) is 2. The van der Waals surface area contributed by atoms with Crippen LogP contribution in [0.15, 0.2) is 30.3 Å². The van der Waals surface area contributed by atoms with Crippen molar-refractivity contribution in [3.05, 3.63) is 35.9 Å². The molecule has 1 aromatic carbocycles. The summed E-state index contributed by atoms with van der Waals surface area (Å²) in [6.07, 6.45) is 0. The molecule has 1 aromatic rings. The van der Waals surface area contributed by atoms with Gasteiger partial charge in [-0.05, 0) is 19.2 Å². The van der Waals surface area contributed by atoms with Crippen molar-refractivity contribution >= 4 is 5.91 Å². The smallest absolute Gasteiger partial charge is 0.234 e. The predicted octanol–water partition coefficient (Wildman–Crippen LogP) is 1.25. The highest BCUT2D eigenvalue weighted by Gasteiger charge is 2.03. The first-order valence-electron chi connectivity index (χ1n) is 5.21. The molecule has 15 heavy (non-hydrogen) atoms. The average molecular weight is 206 g/mol. The zero-order chi connectivity index (χ0) is 11.1. The minimum atomic E-state index is 0.0724. The lowest BCUT2D eigenvalue weighted by Gasteiger charge is -2.13. The largest absolute Gasteiger partial charge is 0.351 e. The zero-order valence-electron chi connectivity index (χ0n) is 9.36. The Kier molecular flexibility index (Phi) is 4.84. The van der Waals surface area contributed by atoms with Gasteiger partial charge >= 0.3 is 0 Å². The molecule has 0 radical (unpaired) electrons. The third-order valence-electron chi connectivity index (χ3n) is 2.29. The van der Waals surface area contributed by atoms with Gasteiger partial charge in [-0.15, -0.1) is 0 Å². The Labute approximate surface area is 91.1 Å². The number of carbonyl (C=O) groups excluding carboxylic acids is 1. The molecule has 0 saturated heterocycles. The molecule has 1 amide bonds. The van der Waals surface area contributed by atoms with Gasteiger partial charge in [0.05, 0.1) is 6.54 Å². The predicted molar refractivity (Wildman–Crippen MR) is 61.5 cm³/mol. The first kappa shape index (κ1) is 11.7. The zero-order valence-corrected chi connectivity index (χ0v) is 9.36. The van der Waals surface area contributed by atoms with Crippen LogP contribution in [-0.4, -0.2) is 30.9 Å². The summed E-state index contributed by atoms with van der Waals surface area (Å²) < 4.78 is 0. The molecular formula is C12H18N2O. The van der Waals surface area contributed by atoms with Gasteiger partial charge < -0.3 is 5.32 Å². The Morgan fingerprint density at radius 3 is 2.60 bits per heavy atom. The van der Waals surface area contributed by atoms with Crippen LogP contribution in [0.4, 0.5) is 0 Å². The van der Waals surface area contributed by atoms with Crippen molar-refractivity contribution in [2.24, 2.45) is 0 Å². The van der Waals surface area contributed by atoms with Gasteiger partial charge in [-0.2, -0.15) is 0 Å². The van der Waals surface area contributed by atoms with Crippen LogP contribution < -0.4 is 5.32 Å². The van der Waals surface area contributed by atoms with Gasteiger partial charge in [-0.25, -0.2) is 0 Å². The van der Waals surface area contributed by atoms with Crippen LogP contribution in [0, 0.1) is 0 Å². The molecule has 0 heterocycles. The first-order valence-corrected chi connectivity index (χ1v) is 5.21. The Morgan fingerprint density at radius 1 is 1.33 bits per heavy atom. The molecule has 0 aliphatic carbocycles. The van der Waals surface area contributed by atoms with E-state index in [0.29, 0.717) is 13.1 Å². The van der Waals surface area contributed by atoms with Gasteiger partial charge in [0, 0.05) is 6.54 Å². The van der Waals surface area contributed by atoms with Gasteiger partial charge in [-0.1, -0.05) is 37.3 Å². The summed E-state index contributed by atoms with van der Waals surface area (Å²) in [5.41, 5.74) is 1.13. The van der Waals surface area contributed by atoms with Gasteiger partial charge in [0.15, 0.2) is 0 Å². The number of carbonyl (C=O) groups is 1. The molecule has 1 rings (SSSR count). The molecule has 1 N–H and O–H groups in total. The highest BCUT2D eigenvalue weighted by molar-refractivity contribution is 5.77. The number of rotatable bonds is 5. The van der Waals surface area contributed by atoms with Crippen molar-refractivity contribution in [2.45, 2.75) is 13.5 Å². The Hall–Kier alpha value is -1.35. The van der Waals surface area contributed by atoms with Crippen LogP contribution >= 0.6 is 0 Å². The molecule has 0 aromatic heterocycles. The average Bonchev–Trinajstić information content (AvgIpc) is 2.27. The van der Waals surface area contributed by atoms with Gasteiger partial charge in [0.2, 0.25) is 5.91 Å². The number of nitrogens with zero attached hydrogens (tertiary/aromatic N) is 1. The molecule has 0 atom stereocenters. The van der Waals surface area contributed by atoms with Crippen molar-refractivity contribution in [1.29, 1.82) is 0 Å². The van der Waals surface area contributed by atoms with Crippen molar-refractivity contribution in [2.75, 3.05) is 20.1 Å². The van der Waals surface area contributed by atoms with Gasteiger partial charge in [0.1, 0.15) is 0 Å². The van der Waals surface area contributed by atoms with E-state index in [0.717, 1.165) is 12.1 Å². The fraction of sp³-hybridized carbons (Fsp3) is 0.417. The van der Waals surface area contributed by atoms with E-state index in [4.69, 9.17) is 0 Å². The van der Waals surface area contributed by atoms with Crippen molar-refractivity contribution in [3.63, 3.8) is 0 Å². The number of likely N-dealkylation sites (N-methyl/N-ethyl adjacent to an activating group) is 1. The molecule has 0 spiro atoms.